The monoisotopic (exact) mass is 221 g/mol. The minimum Gasteiger partial charge on any atom is -0.387 e. The summed E-state index contributed by atoms with van der Waals surface area (Å²) in [6, 6.07) is 0. The normalized spacial score (nSPS) is 10.5. The highest BCUT2D eigenvalue weighted by molar-refractivity contribution is 8.22. The molecular formula is C9H19NOS2. The number of unbranched alkanes of at least 4 members (excludes halogenated alkanes) is 1. The van der Waals surface area contributed by atoms with Crippen molar-refractivity contribution < 1.29 is 4.84 Å². The first-order valence-corrected chi connectivity index (χ1v) is 6.23. The maximum Gasteiger partial charge on any atom is 0.245 e. The van der Waals surface area contributed by atoms with E-state index in [0.717, 1.165) is 18.8 Å². The minimum absolute atomic E-state index is 0.650. The van der Waals surface area contributed by atoms with Crippen molar-refractivity contribution in [3.8, 4) is 0 Å². The predicted octanol–water partition coefficient (Wildman–Crippen LogP) is 3.08. The summed E-state index contributed by atoms with van der Waals surface area (Å²) in [5.41, 5.74) is 0. The average Bonchev–Trinajstić information content (AvgIpc) is 2.14. The highest BCUT2D eigenvalue weighted by Crippen LogP contribution is 2.10. The van der Waals surface area contributed by atoms with Crippen LogP contribution in [-0.4, -0.2) is 28.3 Å². The summed E-state index contributed by atoms with van der Waals surface area (Å²) >= 11 is 6.70. The first kappa shape index (κ1) is 13.2. The molecule has 0 heterocycles. The molecule has 0 aromatic heterocycles. The van der Waals surface area contributed by atoms with Gasteiger partial charge in [-0.1, -0.05) is 25.1 Å². The number of hydrogen-bond acceptors (Lipinski definition) is 4. The number of thiocarbonyl (C=S) groups is 1. The molecule has 0 rings (SSSR count). The Morgan fingerprint density at radius 2 is 1.92 bits per heavy atom. The Hall–Kier alpha value is 0.200. The van der Waals surface area contributed by atoms with Crippen molar-refractivity contribution in [2.45, 2.75) is 33.6 Å². The Bertz CT molecular complexity index is 138. The largest absolute Gasteiger partial charge is 0.387 e. The summed E-state index contributed by atoms with van der Waals surface area (Å²) in [5, 5.41) is 1.86. The summed E-state index contributed by atoms with van der Waals surface area (Å²) in [6.45, 7) is 8.05. The topological polar surface area (TPSA) is 12.5 Å². The molecule has 0 saturated carbocycles. The minimum atomic E-state index is 0.650. The van der Waals surface area contributed by atoms with E-state index >= 15 is 0 Å². The van der Waals surface area contributed by atoms with E-state index in [2.05, 4.69) is 20.8 Å². The molecule has 0 amide bonds. The molecule has 0 N–H and O–H groups in total. The van der Waals surface area contributed by atoms with Gasteiger partial charge < -0.3 is 4.84 Å². The van der Waals surface area contributed by atoms with Gasteiger partial charge in [0.05, 0.1) is 0 Å². The summed E-state index contributed by atoms with van der Waals surface area (Å²) in [7, 11) is 0. The fourth-order valence-electron chi connectivity index (χ4n) is 0.784. The second-order valence-corrected chi connectivity index (χ2v) is 4.35. The molecule has 0 spiro atoms. The van der Waals surface area contributed by atoms with Gasteiger partial charge in [0, 0.05) is 18.8 Å². The maximum atomic E-state index is 5.42. The summed E-state index contributed by atoms with van der Waals surface area (Å²) in [6.07, 6.45) is 2.41. The zero-order chi connectivity index (χ0) is 10.1. The van der Waals surface area contributed by atoms with Gasteiger partial charge in [0.1, 0.15) is 0 Å². The standard InChI is InChI=1S/C9H19NOS2/c1-4-7-8-13-9(12)11-10(5-2)6-3/h4-8H2,1-3H3. The Morgan fingerprint density at radius 1 is 1.31 bits per heavy atom. The van der Waals surface area contributed by atoms with Crippen LogP contribution >= 0.6 is 24.0 Å². The molecule has 4 heteroatoms. The van der Waals surface area contributed by atoms with Crippen molar-refractivity contribution in [2.24, 2.45) is 0 Å². The van der Waals surface area contributed by atoms with Gasteiger partial charge in [-0.05, 0) is 32.5 Å². The number of hydroxylamine groups is 2. The van der Waals surface area contributed by atoms with Crippen LogP contribution < -0.4 is 0 Å². The van der Waals surface area contributed by atoms with Gasteiger partial charge in [-0.15, -0.1) is 5.06 Å². The predicted molar refractivity (Wildman–Crippen MR) is 64.0 cm³/mol. The Balaban J connectivity index is 3.48. The van der Waals surface area contributed by atoms with Crippen LogP contribution in [0, 0.1) is 0 Å². The second kappa shape index (κ2) is 8.78. The Labute approximate surface area is 91.0 Å². The lowest BCUT2D eigenvalue weighted by molar-refractivity contribution is -0.0557. The van der Waals surface area contributed by atoms with Gasteiger partial charge in [-0.3, -0.25) is 0 Å². The molecule has 2 nitrogen and oxygen atoms in total. The van der Waals surface area contributed by atoms with Crippen LogP contribution in [0.2, 0.25) is 0 Å². The summed E-state index contributed by atoms with van der Waals surface area (Å²) in [4.78, 5) is 5.42. The number of nitrogens with zero attached hydrogens (tertiary/aromatic N) is 1. The third-order valence-electron chi connectivity index (χ3n) is 1.63. The molecule has 0 aliphatic rings. The first-order chi connectivity index (χ1) is 6.24. The van der Waals surface area contributed by atoms with Crippen molar-refractivity contribution in [1.82, 2.24) is 5.06 Å². The van der Waals surface area contributed by atoms with Crippen LogP contribution in [-0.2, 0) is 4.84 Å². The van der Waals surface area contributed by atoms with Crippen molar-refractivity contribution in [1.29, 1.82) is 0 Å². The van der Waals surface area contributed by atoms with E-state index < -0.39 is 0 Å². The SMILES string of the molecule is CCCCSC(=S)ON(CC)CC. The number of rotatable bonds is 6. The number of hydrogen-bond donors (Lipinski definition) is 0. The molecule has 78 valence electrons. The van der Waals surface area contributed by atoms with Crippen molar-refractivity contribution in [3.63, 3.8) is 0 Å². The molecule has 0 radical (unpaired) electrons. The molecule has 0 saturated heterocycles. The molecular weight excluding hydrogens is 202 g/mol. The van der Waals surface area contributed by atoms with Crippen LogP contribution in [0.4, 0.5) is 0 Å². The number of thioether (sulfide) groups is 1. The van der Waals surface area contributed by atoms with Gasteiger partial charge in [0.2, 0.25) is 4.38 Å². The zero-order valence-electron chi connectivity index (χ0n) is 8.71. The van der Waals surface area contributed by atoms with E-state index in [9.17, 15) is 0 Å². The molecule has 0 bridgehead atoms. The van der Waals surface area contributed by atoms with E-state index in [0.29, 0.717) is 4.38 Å². The quantitative estimate of drug-likeness (QED) is 0.388. The fraction of sp³-hybridized carbons (Fsp3) is 0.889. The Morgan fingerprint density at radius 3 is 2.38 bits per heavy atom. The van der Waals surface area contributed by atoms with Crippen molar-refractivity contribution >= 4 is 28.4 Å². The van der Waals surface area contributed by atoms with Crippen LogP contribution in [0.15, 0.2) is 0 Å². The van der Waals surface area contributed by atoms with E-state index in [1.807, 2.05) is 5.06 Å². The first-order valence-electron chi connectivity index (χ1n) is 4.84. The highest BCUT2D eigenvalue weighted by Gasteiger charge is 2.04. The van der Waals surface area contributed by atoms with E-state index in [1.54, 1.807) is 11.8 Å². The third-order valence-corrected chi connectivity index (χ3v) is 2.86. The van der Waals surface area contributed by atoms with Gasteiger partial charge >= 0.3 is 0 Å². The lowest BCUT2D eigenvalue weighted by Gasteiger charge is -2.18. The summed E-state index contributed by atoms with van der Waals surface area (Å²) in [5.74, 6) is 1.07. The van der Waals surface area contributed by atoms with Crippen LogP contribution in [0.5, 0.6) is 0 Å². The van der Waals surface area contributed by atoms with E-state index in [-0.39, 0.29) is 0 Å². The van der Waals surface area contributed by atoms with Crippen LogP contribution in [0.1, 0.15) is 33.6 Å². The van der Waals surface area contributed by atoms with Gasteiger partial charge in [0.15, 0.2) is 0 Å². The second-order valence-electron chi connectivity index (χ2n) is 2.66. The van der Waals surface area contributed by atoms with E-state index in [4.69, 9.17) is 17.1 Å². The third kappa shape index (κ3) is 7.28. The van der Waals surface area contributed by atoms with Crippen LogP contribution in [0.25, 0.3) is 0 Å². The van der Waals surface area contributed by atoms with E-state index in [1.165, 1.54) is 12.8 Å². The molecule has 0 aromatic rings. The molecule has 0 aliphatic carbocycles. The smallest absolute Gasteiger partial charge is 0.245 e. The fourth-order valence-corrected chi connectivity index (χ4v) is 1.90. The lowest BCUT2D eigenvalue weighted by Crippen LogP contribution is -2.25. The molecule has 0 unspecified atom stereocenters. The Kier molecular flexibility index (Phi) is 8.92. The molecule has 0 atom stereocenters. The van der Waals surface area contributed by atoms with Gasteiger partial charge in [0.25, 0.3) is 0 Å². The molecule has 0 aromatic carbocycles. The summed E-state index contributed by atoms with van der Waals surface area (Å²) < 4.78 is 0.650. The molecule has 0 fully saturated rings. The zero-order valence-corrected chi connectivity index (χ0v) is 10.3. The molecule has 13 heavy (non-hydrogen) atoms. The van der Waals surface area contributed by atoms with Gasteiger partial charge in [-0.25, -0.2) is 0 Å². The molecule has 0 aliphatic heterocycles. The lowest BCUT2D eigenvalue weighted by atomic mass is 10.4. The maximum absolute atomic E-state index is 5.42. The van der Waals surface area contributed by atoms with Crippen molar-refractivity contribution in [3.05, 3.63) is 0 Å². The van der Waals surface area contributed by atoms with Crippen molar-refractivity contribution in [2.75, 3.05) is 18.8 Å². The average molecular weight is 221 g/mol. The highest BCUT2D eigenvalue weighted by atomic mass is 32.2. The van der Waals surface area contributed by atoms with Crippen LogP contribution in [0.3, 0.4) is 0 Å². The van der Waals surface area contributed by atoms with Gasteiger partial charge in [-0.2, -0.15) is 0 Å².